The van der Waals surface area contributed by atoms with E-state index in [2.05, 4.69) is 10.6 Å². The van der Waals surface area contributed by atoms with Crippen molar-refractivity contribution in [2.75, 3.05) is 21.3 Å². The number of ether oxygens (including phenoxy) is 3. The lowest BCUT2D eigenvalue weighted by atomic mass is 9.94. The first kappa shape index (κ1) is 15.7. The van der Waals surface area contributed by atoms with Gasteiger partial charge in [-0.2, -0.15) is 0 Å². The number of rotatable bonds is 4. The third kappa shape index (κ3) is 2.83. The number of hydrogen-bond donors (Lipinski definition) is 2. The molecule has 7 heteroatoms. The Balaban J connectivity index is 2.59. The van der Waals surface area contributed by atoms with Crippen molar-refractivity contribution >= 4 is 12.0 Å². The van der Waals surface area contributed by atoms with Gasteiger partial charge in [0.1, 0.15) is 11.5 Å². The van der Waals surface area contributed by atoms with Crippen LogP contribution in [0, 0.1) is 0 Å². The Morgan fingerprint density at radius 3 is 2.50 bits per heavy atom. The van der Waals surface area contributed by atoms with Gasteiger partial charge in [-0.05, 0) is 25.1 Å². The Morgan fingerprint density at radius 1 is 1.18 bits per heavy atom. The van der Waals surface area contributed by atoms with E-state index >= 15 is 0 Å². The number of methoxy groups -OCH3 is 3. The summed E-state index contributed by atoms with van der Waals surface area (Å²) in [5.41, 5.74) is 1.36. The minimum Gasteiger partial charge on any atom is -0.497 e. The van der Waals surface area contributed by atoms with E-state index in [1.165, 1.54) is 21.3 Å². The summed E-state index contributed by atoms with van der Waals surface area (Å²) in [6.07, 6.45) is 0. The molecule has 0 bridgehead atoms. The predicted molar refractivity (Wildman–Crippen MR) is 78.7 cm³/mol. The zero-order valence-corrected chi connectivity index (χ0v) is 12.9. The lowest BCUT2D eigenvalue weighted by Crippen LogP contribution is -2.45. The maximum Gasteiger partial charge on any atom is 0.337 e. The van der Waals surface area contributed by atoms with Gasteiger partial charge in [0.15, 0.2) is 0 Å². The van der Waals surface area contributed by atoms with Crippen molar-refractivity contribution in [2.45, 2.75) is 13.0 Å². The van der Waals surface area contributed by atoms with Crippen LogP contribution in [0.15, 0.2) is 29.5 Å². The summed E-state index contributed by atoms with van der Waals surface area (Å²) in [6, 6.07) is 4.07. The van der Waals surface area contributed by atoms with Crippen molar-refractivity contribution in [2.24, 2.45) is 0 Å². The number of allylic oxidation sites excluding steroid dienone is 1. The maximum atomic E-state index is 12.1. The second-order valence-corrected chi connectivity index (χ2v) is 4.67. The zero-order valence-electron chi connectivity index (χ0n) is 12.9. The fourth-order valence-electron chi connectivity index (χ4n) is 2.37. The molecule has 1 aromatic carbocycles. The molecule has 0 saturated heterocycles. The molecule has 0 aromatic heterocycles. The Labute approximate surface area is 128 Å². The summed E-state index contributed by atoms with van der Waals surface area (Å²) in [5.74, 6) is 0.590. The van der Waals surface area contributed by atoms with E-state index in [9.17, 15) is 9.59 Å². The standard InChI is InChI=1S/C15H18N2O5/c1-8-12(14(18)22-4)13(17-15(19)16-8)10-7-9(20-2)5-6-11(10)21-3/h5-7,13H,1-4H3,(H2,16,17,19)/t13-/m0/s1. The van der Waals surface area contributed by atoms with Crippen LogP contribution in [0.2, 0.25) is 0 Å². The summed E-state index contributed by atoms with van der Waals surface area (Å²) in [4.78, 5) is 23.9. The molecule has 22 heavy (non-hydrogen) atoms. The van der Waals surface area contributed by atoms with Crippen molar-refractivity contribution in [3.8, 4) is 11.5 Å². The van der Waals surface area contributed by atoms with Crippen LogP contribution in [0.4, 0.5) is 4.79 Å². The molecule has 1 aliphatic heterocycles. The van der Waals surface area contributed by atoms with Crippen LogP contribution in [-0.2, 0) is 9.53 Å². The van der Waals surface area contributed by atoms with Gasteiger partial charge in [0.05, 0.1) is 32.9 Å². The van der Waals surface area contributed by atoms with Crippen LogP contribution >= 0.6 is 0 Å². The number of hydrogen-bond acceptors (Lipinski definition) is 5. The van der Waals surface area contributed by atoms with Crippen molar-refractivity contribution in [1.29, 1.82) is 0 Å². The Hall–Kier alpha value is -2.70. The number of amides is 2. The monoisotopic (exact) mass is 306 g/mol. The highest BCUT2D eigenvalue weighted by molar-refractivity contribution is 5.95. The molecule has 0 saturated carbocycles. The van der Waals surface area contributed by atoms with Gasteiger partial charge >= 0.3 is 12.0 Å². The quantitative estimate of drug-likeness (QED) is 0.823. The van der Waals surface area contributed by atoms with Gasteiger partial charge in [-0.15, -0.1) is 0 Å². The van der Waals surface area contributed by atoms with Crippen molar-refractivity contribution in [1.82, 2.24) is 10.6 Å². The second-order valence-electron chi connectivity index (χ2n) is 4.67. The third-order valence-electron chi connectivity index (χ3n) is 3.42. The van der Waals surface area contributed by atoms with Crippen molar-refractivity contribution in [3.63, 3.8) is 0 Å². The number of carbonyl (C=O) groups excluding carboxylic acids is 2. The fraction of sp³-hybridized carbons (Fsp3) is 0.333. The maximum absolute atomic E-state index is 12.1. The second kappa shape index (κ2) is 6.38. The van der Waals surface area contributed by atoms with Gasteiger partial charge < -0.3 is 24.8 Å². The normalized spacial score (nSPS) is 17.5. The van der Waals surface area contributed by atoms with Gasteiger partial charge in [0.2, 0.25) is 0 Å². The molecule has 118 valence electrons. The summed E-state index contributed by atoms with van der Waals surface area (Å²) < 4.78 is 15.4. The van der Waals surface area contributed by atoms with Crippen LogP contribution < -0.4 is 20.1 Å². The summed E-state index contributed by atoms with van der Waals surface area (Å²) in [6.45, 7) is 1.64. The van der Waals surface area contributed by atoms with Gasteiger partial charge in [0, 0.05) is 11.3 Å². The molecule has 2 amide bonds. The highest BCUT2D eigenvalue weighted by atomic mass is 16.5. The van der Waals surface area contributed by atoms with Crippen LogP contribution in [0.1, 0.15) is 18.5 Å². The zero-order chi connectivity index (χ0) is 16.3. The SMILES string of the molecule is COC(=O)C1=C(C)NC(=O)N[C@H]1c1cc(OC)ccc1OC. The molecular weight excluding hydrogens is 288 g/mol. The van der Waals surface area contributed by atoms with Gasteiger partial charge in [-0.25, -0.2) is 9.59 Å². The molecule has 1 heterocycles. The number of benzene rings is 1. The van der Waals surface area contributed by atoms with E-state index in [0.717, 1.165) is 0 Å². The number of urea groups is 1. The molecule has 0 unspecified atom stereocenters. The van der Waals surface area contributed by atoms with Gasteiger partial charge in [-0.3, -0.25) is 0 Å². The lowest BCUT2D eigenvalue weighted by Gasteiger charge is -2.28. The van der Waals surface area contributed by atoms with E-state index in [4.69, 9.17) is 14.2 Å². The predicted octanol–water partition coefficient (Wildman–Crippen LogP) is 1.50. The Kier molecular flexibility index (Phi) is 4.55. The number of carbonyl (C=O) groups is 2. The van der Waals surface area contributed by atoms with E-state index in [1.807, 2.05) is 0 Å². The highest BCUT2D eigenvalue weighted by Crippen LogP contribution is 2.35. The van der Waals surface area contributed by atoms with E-state index < -0.39 is 18.0 Å². The van der Waals surface area contributed by atoms with Crippen LogP contribution in [-0.4, -0.2) is 33.3 Å². The molecule has 0 fully saturated rings. The summed E-state index contributed by atoms with van der Waals surface area (Å²) in [5, 5.41) is 5.28. The van der Waals surface area contributed by atoms with Crippen LogP contribution in [0.3, 0.4) is 0 Å². The molecule has 0 spiro atoms. The van der Waals surface area contributed by atoms with Gasteiger partial charge in [0.25, 0.3) is 0 Å². The van der Waals surface area contributed by atoms with E-state index in [0.29, 0.717) is 28.3 Å². The molecule has 1 atom stereocenters. The van der Waals surface area contributed by atoms with Crippen LogP contribution in [0.5, 0.6) is 11.5 Å². The lowest BCUT2D eigenvalue weighted by molar-refractivity contribution is -0.136. The molecule has 1 aliphatic rings. The van der Waals surface area contributed by atoms with Gasteiger partial charge in [-0.1, -0.05) is 0 Å². The smallest absolute Gasteiger partial charge is 0.337 e. The van der Waals surface area contributed by atoms with Crippen LogP contribution in [0.25, 0.3) is 0 Å². The minimum absolute atomic E-state index is 0.314. The molecule has 2 N–H and O–H groups in total. The summed E-state index contributed by atoms with van der Waals surface area (Å²) in [7, 11) is 4.34. The Bertz CT molecular complexity index is 639. The Morgan fingerprint density at radius 2 is 1.91 bits per heavy atom. The van der Waals surface area contributed by atoms with E-state index in [1.54, 1.807) is 25.1 Å². The molecular formula is C15H18N2O5. The number of nitrogens with one attached hydrogen (secondary N) is 2. The molecule has 0 radical (unpaired) electrons. The fourth-order valence-corrected chi connectivity index (χ4v) is 2.37. The number of esters is 1. The largest absolute Gasteiger partial charge is 0.497 e. The average Bonchev–Trinajstić information content (AvgIpc) is 2.52. The molecule has 0 aliphatic carbocycles. The minimum atomic E-state index is -0.689. The first-order valence-electron chi connectivity index (χ1n) is 6.60. The first-order chi connectivity index (χ1) is 10.5. The summed E-state index contributed by atoms with van der Waals surface area (Å²) >= 11 is 0. The molecule has 7 nitrogen and oxygen atoms in total. The topological polar surface area (TPSA) is 85.9 Å². The van der Waals surface area contributed by atoms with Crippen molar-refractivity contribution in [3.05, 3.63) is 35.0 Å². The van der Waals surface area contributed by atoms with E-state index in [-0.39, 0.29) is 0 Å². The first-order valence-corrected chi connectivity index (χ1v) is 6.60. The highest BCUT2D eigenvalue weighted by Gasteiger charge is 2.33. The molecule has 2 rings (SSSR count). The third-order valence-corrected chi connectivity index (χ3v) is 3.42. The molecule has 1 aromatic rings. The average molecular weight is 306 g/mol. The van der Waals surface area contributed by atoms with Crippen molar-refractivity contribution < 1.29 is 23.8 Å².